The van der Waals surface area contributed by atoms with Crippen molar-refractivity contribution in [3.8, 4) is 5.69 Å². The zero-order valence-corrected chi connectivity index (χ0v) is 9.29. The van der Waals surface area contributed by atoms with E-state index in [0.717, 1.165) is 11.4 Å². The zero-order valence-electron chi connectivity index (χ0n) is 9.29. The van der Waals surface area contributed by atoms with Gasteiger partial charge in [-0.15, -0.1) is 0 Å². The van der Waals surface area contributed by atoms with Crippen LogP contribution in [0.2, 0.25) is 0 Å². The van der Waals surface area contributed by atoms with Crippen LogP contribution in [0, 0.1) is 0 Å². The van der Waals surface area contributed by atoms with Crippen LogP contribution >= 0.6 is 0 Å². The smallest absolute Gasteiger partial charge is 0.0985 e. The molecule has 0 amide bonds. The molecule has 16 heavy (non-hydrogen) atoms. The fraction of sp³-hybridized carbons (Fsp3) is 0.273. The van der Waals surface area contributed by atoms with Gasteiger partial charge in [-0.2, -0.15) is 5.10 Å². The molecule has 0 saturated heterocycles. The third-order valence-electron chi connectivity index (χ3n) is 2.48. The molecule has 0 saturated carbocycles. The largest absolute Gasteiger partial charge is 0.396 e. The van der Waals surface area contributed by atoms with E-state index in [9.17, 15) is 0 Å². The van der Waals surface area contributed by atoms with Gasteiger partial charge in [0.05, 0.1) is 29.4 Å². The molecule has 0 aliphatic rings. The Labute approximate surface area is 93.9 Å². The number of rotatable bonds is 3. The minimum atomic E-state index is -0.101. The van der Waals surface area contributed by atoms with Crippen molar-refractivity contribution in [1.82, 2.24) is 14.8 Å². The van der Waals surface area contributed by atoms with Crippen molar-refractivity contribution >= 4 is 5.69 Å². The van der Waals surface area contributed by atoms with Gasteiger partial charge in [0, 0.05) is 19.5 Å². The molecule has 2 aromatic rings. The van der Waals surface area contributed by atoms with Gasteiger partial charge in [0.1, 0.15) is 0 Å². The van der Waals surface area contributed by atoms with Crippen LogP contribution in [-0.4, -0.2) is 21.9 Å². The maximum atomic E-state index is 5.88. The summed E-state index contributed by atoms with van der Waals surface area (Å²) in [6, 6.07) is 3.75. The predicted octanol–water partition coefficient (Wildman–Crippen LogP) is 1.56. The molecule has 0 aliphatic carbocycles. The average molecular weight is 218 g/mol. The maximum Gasteiger partial charge on any atom is 0.0985 e. The molecule has 0 fully saturated rings. The van der Waals surface area contributed by atoms with Crippen LogP contribution in [0.25, 0.3) is 5.69 Å². The Morgan fingerprint density at radius 3 is 2.69 bits per heavy atom. The normalized spacial score (nSPS) is 12.6. The van der Waals surface area contributed by atoms with Gasteiger partial charge in [0.25, 0.3) is 0 Å². The average Bonchev–Trinajstić information content (AvgIpc) is 2.71. The molecule has 84 valence electrons. The highest BCUT2D eigenvalue weighted by molar-refractivity contribution is 5.46. The van der Waals surface area contributed by atoms with Crippen LogP contribution in [-0.2, 0) is 4.74 Å². The number of anilines is 1. The molecule has 2 rings (SSSR count). The fourth-order valence-corrected chi connectivity index (χ4v) is 1.58. The number of nitrogen functional groups attached to an aromatic ring is 1. The van der Waals surface area contributed by atoms with E-state index < -0.39 is 0 Å². The lowest BCUT2D eigenvalue weighted by atomic mass is 10.2. The summed E-state index contributed by atoms with van der Waals surface area (Å²) in [4.78, 5) is 3.97. The Morgan fingerprint density at radius 2 is 2.06 bits per heavy atom. The van der Waals surface area contributed by atoms with E-state index in [1.165, 1.54) is 0 Å². The van der Waals surface area contributed by atoms with Crippen molar-refractivity contribution in [2.45, 2.75) is 13.0 Å². The van der Waals surface area contributed by atoms with Crippen LogP contribution in [0.1, 0.15) is 18.7 Å². The number of ether oxygens (including phenoxy) is 1. The van der Waals surface area contributed by atoms with Gasteiger partial charge in [-0.25, -0.2) is 4.68 Å². The third kappa shape index (κ3) is 1.77. The van der Waals surface area contributed by atoms with E-state index >= 15 is 0 Å². The predicted molar refractivity (Wildman–Crippen MR) is 61.2 cm³/mol. The van der Waals surface area contributed by atoms with Crippen molar-refractivity contribution in [2.24, 2.45) is 0 Å². The minimum Gasteiger partial charge on any atom is -0.396 e. The summed E-state index contributed by atoms with van der Waals surface area (Å²) in [5.41, 5.74) is 8.28. The first-order chi connectivity index (χ1) is 7.74. The standard InChI is InChI=1S/C11H14N4O/c1-8(16-2)11-10(12)7-14-15(11)9-3-5-13-6-4-9/h3-8H,12H2,1-2H3/t8-/m0/s1. The number of hydrogen-bond donors (Lipinski definition) is 1. The lowest BCUT2D eigenvalue weighted by molar-refractivity contribution is 0.114. The lowest BCUT2D eigenvalue weighted by Gasteiger charge is -2.13. The van der Waals surface area contributed by atoms with Crippen molar-refractivity contribution in [3.63, 3.8) is 0 Å². The van der Waals surface area contributed by atoms with Crippen LogP contribution < -0.4 is 5.73 Å². The monoisotopic (exact) mass is 218 g/mol. The SMILES string of the molecule is CO[C@@H](C)c1c(N)cnn1-c1ccncc1. The van der Waals surface area contributed by atoms with Gasteiger partial charge in [-0.05, 0) is 19.1 Å². The Balaban J connectivity index is 2.50. The van der Waals surface area contributed by atoms with Crippen LogP contribution in [0.5, 0.6) is 0 Å². The van der Waals surface area contributed by atoms with Crippen molar-refractivity contribution < 1.29 is 4.74 Å². The molecule has 2 aromatic heterocycles. The molecule has 0 aromatic carbocycles. The van der Waals surface area contributed by atoms with Crippen LogP contribution in [0.3, 0.4) is 0 Å². The maximum absolute atomic E-state index is 5.88. The number of aromatic nitrogens is 3. The second-order valence-electron chi connectivity index (χ2n) is 3.48. The lowest BCUT2D eigenvalue weighted by Crippen LogP contribution is -2.08. The first kappa shape index (κ1) is 10.6. The number of nitrogens with zero attached hydrogens (tertiary/aromatic N) is 3. The summed E-state index contributed by atoms with van der Waals surface area (Å²) in [5.74, 6) is 0. The molecule has 5 nitrogen and oxygen atoms in total. The molecule has 2 heterocycles. The van der Waals surface area contributed by atoms with E-state index in [1.54, 1.807) is 30.4 Å². The van der Waals surface area contributed by atoms with E-state index in [1.807, 2.05) is 19.1 Å². The van der Waals surface area contributed by atoms with Gasteiger partial charge in [-0.1, -0.05) is 0 Å². The highest BCUT2D eigenvalue weighted by Gasteiger charge is 2.16. The molecular formula is C11H14N4O. The van der Waals surface area contributed by atoms with E-state index in [0.29, 0.717) is 5.69 Å². The van der Waals surface area contributed by atoms with Crippen molar-refractivity contribution in [1.29, 1.82) is 0 Å². The van der Waals surface area contributed by atoms with Crippen LogP contribution in [0.15, 0.2) is 30.7 Å². The highest BCUT2D eigenvalue weighted by Crippen LogP contribution is 2.24. The second-order valence-corrected chi connectivity index (χ2v) is 3.48. The molecule has 0 radical (unpaired) electrons. The summed E-state index contributed by atoms with van der Waals surface area (Å²) in [7, 11) is 1.65. The number of hydrogen-bond acceptors (Lipinski definition) is 4. The van der Waals surface area contributed by atoms with E-state index in [4.69, 9.17) is 10.5 Å². The molecular weight excluding hydrogens is 204 g/mol. The summed E-state index contributed by atoms with van der Waals surface area (Å²) in [6.07, 6.45) is 4.96. The van der Waals surface area contributed by atoms with Gasteiger partial charge < -0.3 is 10.5 Å². The quantitative estimate of drug-likeness (QED) is 0.849. The first-order valence-electron chi connectivity index (χ1n) is 5.00. The number of methoxy groups -OCH3 is 1. The number of nitrogens with two attached hydrogens (primary N) is 1. The molecule has 0 bridgehead atoms. The topological polar surface area (TPSA) is 66.0 Å². The van der Waals surface area contributed by atoms with Gasteiger partial charge in [0.2, 0.25) is 0 Å². The zero-order chi connectivity index (χ0) is 11.5. The molecule has 1 atom stereocenters. The van der Waals surface area contributed by atoms with Gasteiger partial charge in [-0.3, -0.25) is 4.98 Å². The van der Waals surface area contributed by atoms with E-state index in [-0.39, 0.29) is 6.10 Å². The Hall–Kier alpha value is -1.88. The highest BCUT2D eigenvalue weighted by atomic mass is 16.5. The Bertz CT molecular complexity index is 466. The summed E-state index contributed by atoms with van der Waals surface area (Å²) in [5, 5.41) is 4.24. The van der Waals surface area contributed by atoms with Crippen LogP contribution in [0.4, 0.5) is 5.69 Å². The van der Waals surface area contributed by atoms with Gasteiger partial charge in [0.15, 0.2) is 0 Å². The molecule has 0 aliphatic heterocycles. The fourth-order valence-electron chi connectivity index (χ4n) is 1.58. The third-order valence-corrected chi connectivity index (χ3v) is 2.48. The molecule has 0 unspecified atom stereocenters. The summed E-state index contributed by atoms with van der Waals surface area (Å²) < 4.78 is 7.05. The second kappa shape index (κ2) is 4.32. The van der Waals surface area contributed by atoms with E-state index in [2.05, 4.69) is 10.1 Å². The Kier molecular flexibility index (Phi) is 2.87. The minimum absolute atomic E-state index is 0.101. The molecule has 0 spiro atoms. The van der Waals surface area contributed by atoms with Crippen molar-refractivity contribution in [3.05, 3.63) is 36.4 Å². The number of pyridine rings is 1. The molecule has 5 heteroatoms. The summed E-state index contributed by atoms with van der Waals surface area (Å²) >= 11 is 0. The first-order valence-corrected chi connectivity index (χ1v) is 5.00. The Morgan fingerprint density at radius 1 is 1.38 bits per heavy atom. The van der Waals surface area contributed by atoms with Gasteiger partial charge >= 0.3 is 0 Å². The summed E-state index contributed by atoms with van der Waals surface area (Å²) in [6.45, 7) is 1.94. The van der Waals surface area contributed by atoms with Crippen molar-refractivity contribution in [2.75, 3.05) is 12.8 Å². The molecule has 2 N–H and O–H groups in total.